The molecule has 246 valence electrons. The van der Waals surface area contributed by atoms with Crippen molar-refractivity contribution in [2.75, 3.05) is 39.6 Å². The number of hydrogen-bond acceptors (Lipinski definition) is 12. The predicted molar refractivity (Wildman–Crippen MR) is 151 cm³/mol. The van der Waals surface area contributed by atoms with Gasteiger partial charge in [0.25, 0.3) is 0 Å². The van der Waals surface area contributed by atoms with Crippen molar-refractivity contribution in [1.29, 1.82) is 0 Å². The van der Waals surface area contributed by atoms with Gasteiger partial charge >= 0.3 is 7.32 Å². The Morgan fingerprint density at radius 3 is 1.02 bits per heavy atom. The highest BCUT2D eigenvalue weighted by atomic mass is 16.9. The lowest BCUT2D eigenvalue weighted by Gasteiger charge is -2.58. The van der Waals surface area contributed by atoms with Crippen LogP contribution in [0.5, 0.6) is 0 Å². The Hall–Kier alpha value is -0.415. The van der Waals surface area contributed by atoms with Gasteiger partial charge in [0.15, 0.2) is 36.2 Å². The molecular weight excluding hydrogens is 563 g/mol. The quantitative estimate of drug-likeness (QED) is 0.137. The summed E-state index contributed by atoms with van der Waals surface area (Å²) in [6.07, 6.45) is 8.02. The first kappa shape index (κ1) is 32.5. The van der Waals surface area contributed by atoms with Crippen LogP contribution in [-0.4, -0.2) is 102 Å². The van der Waals surface area contributed by atoms with Crippen molar-refractivity contribution >= 4 is 7.32 Å². The molecule has 0 saturated carbocycles. The maximum Gasteiger partial charge on any atom is 0.646 e. The third kappa shape index (κ3) is 7.13. The van der Waals surface area contributed by atoms with Crippen LogP contribution in [0.2, 0.25) is 0 Å². The van der Waals surface area contributed by atoms with Gasteiger partial charge in [0, 0.05) is 58.9 Å². The molecule has 6 saturated heterocycles. The molecule has 0 N–H and O–H groups in total. The van der Waals surface area contributed by atoms with Crippen LogP contribution in [0.4, 0.5) is 0 Å². The van der Waals surface area contributed by atoms with Crippen LogP contribution in [0.1, 0.15) is 97.8 Å². The molecule has 0 aromatic rings. The topological polar surface area (TPSA) is 111 Å². The summed E-state index contributed by atoms with van der Waals surface area (Å²) in [6, 6.07) is 0. The van der Waals surface area contributed by atoms with E-state index in [0.29, 0.717) is 58.9 Å². The van der Waals surface area contributed by atoms with E-state index in [-0.39, 0.29) is 37.2 Å². The molecule has 0 amide bonds. The fraction of sp³-hybridized carbons (Fsp3) is 1.00. The molecule has 6 fully saturated rings. The largest absolute Gasteiger partial charge is 0.646 e. The van der Waals surface area contributed by atoms with Crippen molar-refractivity contribution in [3.8, 4) is 0 Å². The summed E-state index contributed by atoms with van der Waals surface area (Å²) < 4.78 is 74.3. The van der Waals surface area contributed by atoms with Crippen LogP contribution in [0.15, 0.2) is 0 Å². The molecule has 12 nitrogen and oxygen atoms in total. The van der Waals surface area contributed by atoms with Crippen molar-refractivity contribution in [3.63, 3.8) is 0 Å². The molecule has 6 aliphatic heterocycles. The summed E-state index contributed by atoms with van der Waals surface area (Å²) >= 11 is 0. The van der Waals surface area contributed by atoms with Crippen LogP contribution in [-0.2, 0) is 56.6 Å². The summed E-state index contributed by atoms with van der Waals surface area (Å²) in [5.74, 6) is -3.24. The second-order valence-electron chi connectivity index (χ2n) is 12.4. The first-order chi connectivity index (χ1) is 21.0. The molecular formula is C30H51BO12. The molecule has 0 bridgehead atoms. The van der Waals surface area contributed by atoms with Gasteiger partial charge in [-0.25, -0.2) is 0 Å². The zero-order chi connectivity index (χ0) is 29.8. The number of unbranched alkanes of at least 4 members (excludes halogenated alkanes) is 3. The zero-order valence-corrected chi connectivity index (χ0v) is 26.2. The predicted octanol–water partition coefficient (Wildman–Crippen LogP) is 4.17. The SMILES string of the molecule is CCCCOC1CC(OB(OC2(C3CCO3)CC(OCCCC)O2)OC2(C3CCO3)CC(OCCCC)O2)(C2CCO2)O1. The van der Waals surface area contributed by atoms with Crippen molar-refractivity contribution in [2.24, 2.45) is 0 Å². The van der Waals surface area contributed by atoms with E-state index in [0.717, 1.165) is 57.8 Å². The van der Waals surface area contributed by atoms with Gasteiger partial charge in [-0.2, -0.15) is 0 Å². The second kappa shape index (κ2) is 14.6. The second-order valence-corrected chi connectivity index (χ2v) is 12.4. The summed E-state index contributed by atoms with van der Waals surface area (Å²) in [5, 5.41) is 0. The van der Waals surface area contributed by atoms with Gasteiger partial charge < -0.3 is 56.6 Å². The Bertz CT molecular complexity index is 741. The van der Waals surface area contributed by atoms with E-state index < -0.39 is 24.7 Å². The molecule has 13 heteroatoms. The molecule has 6 aliphatic rings. The third-order valence-corrected chi connectivity index (χ3v) is 9.21. The first-order valence-electron chi connectivity index (χ1n) is 16.8. The lowest BCUT2D eigenvalue weighted by atomic mass is 9.89. The van der Waals surface area contributed by atoms with E-state index in [9.17, 15) is 0 Å². The summed E-state index contributed by atoms with van der Waals surface area (Å²) in [5.41, 5.74) is 0. The first-order valence-corrected chi connectivity index (χ1v) is 16.8. The van der Waals surface area contributed by atoms with Crippen molar-refractivity contribution < 1.29 is 56.6 Å². The average Bonchev–Trinajstić information content (AvgIpc) is 2.82. The summed E-state index contributed by atoms with van der Waals surface area (Å²) in [6.45, 7) is 10.2. The number of ether oxygens (including phenoxy) is 9. The van der Waals surface area contributed by atoms with E-state index in [1.165, 1.54) is 0 Å². The monoisotopic (exact) mass is 614 g/mol. The maximum atomic E-state index is 6.66. The van der Waals surface area contributed by atoms with Gasteiger partial charge in [-0.15, -0.1) is 0 Å². The molecule has 0 radical (unpaired) electrons. The third-order valence-electron chi connectivity index (χ3n) is 9.21. The molecule has 0 spiro atoms. The lowest BCUT2D eigenvalue weighted by molar-refractivity contribution is -0.460. The van der Waals surface area contributed by atoms with Gasteiger partial charge in [-0.05, 0) is 19.3 Å². The molecule has 6 rings (SSSR count). The van der Waals surface area contributed by atoms with E-state index in [2.05, 4.69) is 20.8 Å². The lowest BCUT2D eigenvalue weighted by Crippen LogP contribution is -2.72. The minimum absolute atomic E-state index is 0.264. The summed E-state index contributed by atoms with van der Waals surface area (Å²) in [7, 11) is -1.22. The van der Waals surface area contributed by atoms with Gasteiger partial charge in [0.05, 0.1) is 19.3 Å². The minimum atomic E-state index is -1.22. The molecule has 0 aromatic heterocycles. The van der Waals surface area contributed by atoms with Crippen LogP contribution in [0.25, 0.3) is 0 Å². The molecule has 43 heavy (non-hydrogen) atoms. The summed E-state index contributed by atoms with van der Waals surface area (Å²) in [4.78, 5) is 0. The van der Waals surface area contributed by atoms with Crippen molar-refractivity contribution in [1.82, 2.24) is 0 Å². The molecule has 9 unspecified atom stereocenters. The Morgan fingerprint density at radius 1 is 0.535 bits per heavy atom. The Labute approximate surface area is 256 Å². The molecule has 9 atom stereocenters. The van der Waals surface area contributed by atoms with Crippen LogP contribution < -0.4 is 0 Å². The van der Waals surface area contributed by atoms with Crippen molar-refractivity contribution in [2.45, 2.75) is 152 Å². The molecule has 6 heterocycles. The highest BCUT2D eigenvalue weighted by molar-refractivity contribution is 6.37. The highest BCUT2D eigenvalue weighted by Gasteiger charge is 2.66. The van der Waals surface area contributed by atoms with E-state index >= 15 is 0 Å². The van der Waals surface area contributed by atoms with Crippen LogP contribution in [0.3, 0.4) is 0 Å². The molecule has 0 aromatic carbocycles. The van der Waals surface area contributed by atoms with E-state index in [1.54, 1.807) is 0 Å². The maximum absolute atomic E-state index is 6.66. The van der Waals surface area contributed by atoms with Gasteiger partial charge in [-0.1, -0.05) is 40.0 Å². The Morgan fingerprint density at radius 2 is 0.814 bits per heavy atom. The highest BCUT2D eigenvalue weighted by Crippen LogP contribution is 2.49. The van der Waals surface area contributed by atoms with Gasteiger partial charge in [0.1, 0.15) is 18.3 Å². The standard InChI is InChI=1S/C30H51BO12/c1-4-7-13-35-25-19-28(38-25,22-10-16-32-22)41-31(42-29(23-11-17-33-23)20-26(39-29)36-14-8-5-2)43-30(24-12-18-34-24)21-27(40-30)37-15-9-6-3/h22-27H,4-21H2,1-3H3. The average molecular weight is 615 g/mol. The smallest absolute Gasteiger partial charge is 0.372 e. The van der Waals surface area contributed by atoms with Gasteiger partial charge in [0.2, 0.25) is 0 Å². The zero-order valence-electron chi connectivity index (χ0n) is 26.2. The Balaban J connectivity index is 1.17. The van der Waals surface area contributed by atoms with Crippen molar-refractivity contribution in [3.05, 3.63) is 0 Å². The number of hydrogen-bond donors (Lipinski definition) is 0. The van der Waals surface area contributed by atoms with Crippen LogP contribution >= 0.6 is 0 Å². The fourth-order valence-electron chi connectivity index (χ4n) is 6.08. The van der Waals surface area contributed by atoms with E-state index in [4.69, 9.17) is 56.6 Å². The fourth-order valence-corrected chi connectivity index (χ4v) is 6.08. The number of rotatable bonds is 21. The molecule has 0 aliphatic carbocycles. The normalized spacial score (nSPS) is 41.7. The van der Waals surface area contributed by atoms with E-state index in [1.807, 2.05) is 0 Å². The van der Waals surface area contributed by atoms with Gasteiger partial charge in [-0.3, -0.25) is 0 Å². The van der Waals surface area contributed by atoms with Crippen LogP contribution in [0, 0.1) is 0 Å². The minimum Gasteiger partial charge on any atom is -0.372 e. The Kier molecular flexibility index (Phi) is 11.0.